The highest BCUT2D eigenvalue weighted by Crippen LogP contribution is 2.23. The van der Waals surface area contributed by atoms with Crippen LogP contribution >= 0.6 is 12.4 Å². The fraction of sp³-hybridized carbons (Fsp3) is 0.400. The van der Waals surface area contributed by atoms with Gasteiger partial charge in [-0.05, 0) is 63.2 Å². The third kappa shape index (κ3) is 6.24. The van der Waals surface area contributed by atoms with E-state index in [1.807, 2.05) is 49.3 Å². The number of hydrogen-bond acceptors (Lipinski definition) is 4. The SMILES string of the molecule is COc1cccc(CCc2ccccc2OC(C(C)O)N(C)C)c1.Cl. The Hall–Kier alpha value is -1.75. The topological polar surface area (TPSA) is 41.9 Å². The maximum absolute atomic E-state index is 9.92. The first kappa shape index (κ1) is 21.3. The van der Waals surface area contributed by atoms with Crippen LogP contribution in [0.25, 0.3) is 0 Å². The van der Waals surface area contributed by atoms with E-state index in [-0.39, 0.29) is 18.6 Å². The summed E-state index contributed by atoms with van der Waals surface area (Å²) in [7, 11) is 5.48. The third-order valence-electron chi connectivity index (χ3n) is 3.96. The van der Waals surface area contributed by atoms with Crippen molar-refractivity contribution in [3.63, 3.8) is 0 Å². The van der Waals surface area contributed by atoms with E-state index >= 15 is 0 Å². The molecule has 0 aliphatic heterocycles. The van der Waals surface area contributed by atoms with Crippen molar-refractivity contribution in [1.82, 2.24) is 4.90 Å². The van der Waals surface area contributed by atoms with Crippen molar-refractivity contribution >= 4 is 12.4 Å². The summed E-state index contributed by atoms with van der Waals surface area (Å²) in [6.45, 7) is 1.74. The van der Waals surface area contributed by atoms with Crippen LogP contribution in [0.5, 0.6) is 11.5 Å². The molecule has 0 radical (unpaired) electrons. The van der Waals surface area contributed by atoms with Crippen LogP contribution in [0.2, 0.25) is 0 Å². The monoisotopic (exact) mass is 365 g/mol. The van der Waals surface area contributed by atoms with Crippen molar-refractivity contribution in [3.8, 4) is 11.5 Å². The van der Waals surface area contributed by atoms with Crippen LogP contribution in [0, 0.1) is 0 Å². The summed E-state index contributed by atoms with van der Waals surface area (Å²) in [5, 5.41) is 9.92. The lowest BCUT2D eigenvalue weighted by atomic mass is 10.0. The van der Waals surface area contributed by atoms with Crippen molar-refractivity contribution in [3.05, 3.63) is 59.7 Å². The number of rotatable bonds is 8. The summed E-state index contributed by atoms with van der Waals surface area (Å²) in [6.07, 6.45) is 0.816. The van der Waals surface area contributed by atoms with E-state index in [0.717, 1.165) is 29.9 Å². The molecule has 1 N–H and O–H groups in total. The normalized spacial score (nSPS) is 13.0. The number of aliphatic hydroxyl groups excluding tert-OH is 1. The number of benzene rings is 2. The van der Waals surface area contributed by atoms with Gasteiger partial charge in [0.25, 0.3) is 0 Å². The van der Waals surface area contributed by atoms with Crippen LogP contribution < -0.4 is 9.47 Å². The van der Waals surface area contributed by atoms with E-state index in [9.17, 15) is 5.11 Å². The molecule has 138 valence electrons. The van der Waals surface area contributed by atoms with Crippen molar-refractivity contribution in [2.75, 3.05) is 21.2 Å². The molecule has 2 aromatic carbocycles. The summed E-state index contributed by atoms with van der Waals surface area (Å²) >= 11 is 0. The minimum atomic E-state index is -0.577. The molecule has 0 amide bonds. The van der Waals surface area contributed by atoms with E-state index in [1.54, 1.807) is 14.0 Å². The number of para-hydroxylation sites is 1. The fourth-order valence-corrected chi connectivity index (χ4v) is 2.70. The summed E-state index contributed by atoms with van der Waals surface area (Å²) in [5.74, 6) is 1.69. The first-order valence-corrected chi connectivity index (χ1v) is 8.23. The number of hydrogen-bond donors (Lipinski definition) is 1. The van der Waals surface area contributed by atoms with Crippen LogP contribution in [0.3, 0.4) is 0 Å². The van der Waals surface area contributed by atoms with Gasteiger partial charge >= 0.3 is 0 Å². The van der Waals surface area contributed by atoms with Crippen LogP contribution in [-0.4, -0.2) is 43.5 Å². The highest BCUT2D eigenvalue weighted by molar-refractivity contribution is 5.85. The lowest BCUT2D eigenvalue weighted by Crippen LogP contribution is -2.42. The van der Waals surface area contributed by atoms with Crippen LogP contribution in [0.1, 0.15) is 18.1 Å². The average molecular weight is 366 g/mol. The summed E-state index contributed by atoms with van der Waals surface area (Å²) < 4.78 is 11.3. The molecule has 0 aliphatic rings. The van der Waals surface area contributed by atoms with Gasteiger partial charge in [-0.2, -0.15) is 0 Å². The van der Waals surface area contributed by atoms with Crippen molar-refractivity contribution in [2.45, 2.75) is 32.1 Å². The molecule has 5 heteroatoms. The number of aliphatic hydroxyl groups is 1. The molecule has 0 saturated carbocycles. The molecular weight excluding hydrogens is 338 g/mol. The zero-order valence-corrected chi connectivity index (χ0v) is 16.1. The number of halogens is 1. The summed E-state index contributed by atoms with van der Waals surface area (Å²) in [5.41, 5.74) is 2.36. The van der Waals surface area contributed by atoms with Gasteiger partial charge in [0.05, 0.1) is 7.11 Å². The zero-order valence-electron chi connectivity index (χ0n) is 15.3. The molecule has 2 atom stereocenters. The van der Waals surface area contributed by atoms with Crippen LogP contribution in [-0.2, 0) is 12.8 Å². The highest BCUT2D eigenvalue weighted by atomic mass is 35.5. The van der Waals surface area contributed by atoms with Gasteiger partial charge in [-0.15, -0.1) is 12.4 Å². The van der Waals surface area contributed by atoms with Gasteiger partial charge in [-0.25, -0.2) is 0 Å². The van der Waals surface area contributed by atoms with Gasteiger partial charge in [-0.1, -0.05) is 30.3 Å². The third-order valence-corrected chi connectivity index (χ3v) is 3.96. The van der Waals surface area contributed by atoms with E-state index in [0.29, 0.717) is 0 Å². The Labute approximate surface area is 156 Å². The molecule has 0 aromatic heterocycles. The Bertz CT molecular complexity index is 638. The predicted octanol–water partition coefficient (Wildman–Crippen LogP) is 3.55. The molecule has 0 spiro atoms. The number of aryl methyl sites for hydroxylation is 2. The summed E-state index contributed by atoms with van der Waals surface area (Å²) in [4.78, 5) is 1.88. The zero-order chi connectivity index (χ0) is 17.5. The fourth-order valence-electron chi connectivity index (χ4n) is 2.70. The molecule has 0 bridgehead atoms. The molecule has 4 nitrogen and oxygen atoms in total. The molecule has 2 rings (SSSR count). The van der Waals surface area contributed by atoms with Gasteiger partial charge in [0.15, 0.2) is 6.23 Å². The van der Waals surface area contributed by atoms with E-state index < -0.39 is 6.10 Å². The molecule has 0 heterocycles. The Kier molecular flexibility index (Phi) is 8.76. The molecule has 0 fully saturated rings. The average Bonchev–Trinajstić information content (AvgIpc) is 2.58. The van der Waals surface area contributed by atoms with Gasteiger partial charge in [0.1, 0.15) is 17.6 Å². The van der Waals surface area contributed by atoms with E-state index in [2.05, 4.69) is 18.2 Å². The lowest BCUT2D eigenvalue weighted by Gasteiger charge is -2.28. The smallest absolute Gasteiger partial charge is 0.177 e. The Balaban J connectivity index is 0.00000312. The van der Waals surface area contributed by atoms with Crippen molar-refractivity contribution in [1.29, 1.82) is 0 Å². The summed E-state index contributed by atoms with van der Waals surface area (Å²) in [6, 6.07) is 16.1. The van der Waals surface area contributed by atoms with Gasteiger partial charge in [-0.3, -0.25) is 4.90 Å². The minimum Gasteiger partial charge on any atom is -0.497 e. The second-order valence-corrected chi connectivity index (χ2v) is 6.17. The maximum Gasteiger partial charge on any atom is 0.177 e. The van der Waals surface area contributed by atoms with Crippen LogP contribution in [0.15, 0.2) is 48.5 Å². The van der Waals surface area contributed by atoms with Crippen LogP contribution in [0.4, 0.5) is 0 Å². The van der Waals surface area contributed by atoms with Crippen molar-refractivity contribution < 1.29 is 14.6 Å². The molecule has 2 unspecified atom stereocenters. The second kappa shape index (κ2) is 10.3. The van der Waals surface area contributed by atoms with E-state index in [4.69, 9.17) is 9.47 Å². The number of ether oxygens (including phenoxy) is 2. The number of methoxy groups -OCH3 is 1. The number of nitrogens with zero attached hydrogens (tertiary/aromatic N) is 1. The minimum absolute atomic E-state index is 0. The Morgan fingerprint density at radius 3 is 2.40 bits per heavy atom. The standard InChI is InChI=1S/C20H27NO3.ClH/c1-15(22)20(21(2)3)24-19-11-6-5-9-17(19)13-12-16-8-7-10-18(14-16)23-4;/h5-11,14-15,20,22H,12-13H2,1-4H3;1H. The molecule has 2 aromatic rings. The maximum atomic E-state index is 9.92. The predicted molar refractivity (Wildman–Crippen MR) is 104 cm³/mol. The first-order chi connectivity index (χ1) is 11.5. The Morgan fingerprint density at radius 2 is 1.76 bits per heavy atom. The quantitative estimate of drug-likeness (QED) is 0.726. The molecule has 25 heavy (non-hydrogen) atoms. The van der Waals surface area contributed by atoms with Gasteiger partial charge < -0.3 is 14.6 Å². The lowest BCUT2D eigenvalue weighted by molar-refractivity contribution is -0.0353. The molecule has 0 aliphatic carbocycles. The largest absolute Gasteiger partial charge is 0.497 e. The van der Waals surface area contributed by atoms with Crippen molar-refractivity contribution in [2.24, 2.45) is 0 Å². The molecular formula is C20H28ClNO3. The Morgan fingerprint density at radius 1 is 1.04 bits per heavy atom. The van der Waals surface area contributed by atoms with Gasteiger partial charge in [0.2, 0.25) is 0 Å². The van der Waals surface area contributed by atoms with Gasteiger partial charge in [0, 0.05) is 0 Å². The van der Waals surface area contributed by atoms with E-state index in [1.165, 1.54) is 5.56 Å². The first-order valence-electron chi connectivity index (χ1n) is 8.23. The second-order valence-electron chi connectivity index (χ2n) is 6.17. The highest BCUT2D eigenvalue weighted by Gasteiger charge is 2.20. The molecule has 0 saturated heterocycles. The number of likely N-dealkylation sites (N-methyl/N-ethyl adjacent to an activating group) is 1.